The number of ether oxygens (including phenoxy) is 1. The number of nitrogens with one attached hydrogen (secondary N) is 2. The summed E-state index contributed by atoms with van der Waals surface area (Å²) in [6.45, 7) is 3.94. The molecule has 1 aliphatic carbocycles. The number of benzene rings is 2. The van der Waals surface area contributed by atoms with E-state index in [1.165, 1.54) is 11.0 Å². The van der Waals surface area contributed by atoms with Crippen molar-refractivity contribution in [2.45, 2.75) is 57.0 Å². The summed E-state index contributed by atoms with van der Waals surface area (Å²) in [4.78, 5) is 32.4. The number of rotatable bonds is 5. The molecule has 2 aromatic rings. The molecule has 0 radical (unpaired) electrons. The molecular formula is C28H28F3N5O3. The molecule has 0 saturated heterocycles. The number of carbonyl (C=O) groups excluding carboxylic acids is 2. The number of fused-ring (bicyclic) bond motifs is 1. The number of amides is 2. The van der Waals surface area contributed by atoms with E-state index in [-0.39, 0.29) is 36.4 Å². The smallest absolute Gasteiger partial charge is 0.425 e. The second-order valence-corrected chi connectivity index (χ2v) is 10.8. The lowest BCUT2D eigenvalue weighted by Gasteiger charge is -2.35. The first-order chi connectivity index (χ1) is 18.4. The third-order valence-electron chi connectivity index (χ3n) is 7.17. The molecule has 2 aromatic carbocycles. The van der Waals surface area contributed by atoms with Crippen LogP contribution in [-0.4, -0.2) is 47.0 Å². The fourth-order valence-corrected chi connectivity index (χ4v) is 5.09. The van der Waals surface area contributed by atoms with Crippen molar-refractivity contribution >= 4 is 23.5 Å². The second kappa shape index (κ2) is 9.91. The largest absolute Gasteiger partial charge is 0.480 e. The molecule has 1 unspecified atom stereocenters. The van der Waals surface area contributed by atoms with Crippen molar-refractivity contribution < 1.29 is 27.5 Å². The van der Waals surface area contributed by atoms with Gasteiger partial charge in [-0.25, -0.2) is 4.99 Å². The number of nitriles is 1. The van der Waals surface area contributed by atoms with Crippen molar-refractivity contribution in [2.75, 3.05) is 11.9 Å². The van der Waals surface area contributed by atoms with E-state index in [1.54, 1.807) is 42.5 Å². The van der Waals surface area contributed by atoms with Crippen LogP contribution in [0, 0.1) is 23.2 Å². The number of anilines is 1. The minimum Gasteiger partial charge on any atom is -0.480 e. The van der Waals surface area contributed by atoms with Crippen molar-refractivity contribution in [1.29, 1.82) is 5.26 Å². The third kappa shape index (κ3) is 5.85. The lowest BCUT2D eigenvalue weighted by molar-refractivity contribution is -0.201. The first-order valence-corrected chi connectivity index (χ1v) is 12.7. The Balaban J connectivity index is 1.28. The van der Waals surface area contributed by atoms with Crippen molar-refractivity contribution in [1.82, 2.24) is 10.2 Å². The highest BCUT2D eigenvalue weighted by Gasteiger charge is 2.49. The van der Waals surface area contributed by atoms with E-state index in [4.69, 9.17) is 9.73 Å². The monoisotopic (exact) mass is 539 g/mol. The number of hydrogen-bond donors (Lipinski definition) is 2. The van der Waals surface area contributed by atoms with Gasteiger partial charge in [0.1, 0.15) is 5.75 Å². The molecule has 3 aliphatic rings. The van der Waals surface area contributed by atoms with Gasteiger partial charge in [-0.3, -0.25) is 14.5 Å². The lowest BCUT2D eigenvalue weighted by atomic mass is 9.96. The standard InChI is InChI=1S/C28H28F3N5O3/c1-27(2)13-24(37)36(26(35-27)33-18-7-5-6-16(10-18)14-32)15-17-11-20(17)25(38)34-21-12-23(28(29,30)31)39-22-9-4-3-8-19(21)22/h3-10,17,20-21,23H,11-13,15H2,1-2H3,(H,33,35)(H,34,38)/t17-,20?,21+,23+/m1/s1. The SMILES string of the molecule is CC1(C)CC(=O)N(C[C@H]2CC2C(=O)N[C@H]2C[C@@H](C(F)(F)F)Oc3ccccc32)C(Nc2cccc(C#N)c2)=N1. The minimum absolute atomic E-state index is 0.109. The summed E-state index contributed by atoms with van der Waals surface area (Å²) in [6, 6.07) is 14.5. The molecule has 0 aromatic heterocycles. The molecule has 0 spiro atoms. The van der Waals surface area contributed by atoms with Crippen LogP contribution in [0.4, 0.5) is 18.9 Å². The normalized spacial score (nSPS) is 25.5. The molecule has 11 heteroatoms. The first-order valence-electron chi connectivity index (χ1n) is 12.7. The van der Waals surface area contributed by atoms with E-state index in [9.17, 15) is 28.0 Å². The highest BCUT2D eigenvalue weighted by Crippen LogP contribution is 2.43. The van der Waals surface area contributed by atoms with Gasteiger partial charge in [0, 0.05) is 30.1 Å². The van der Waals surface area contributed by atoms with Crippen molar-refractivity contribution in [3.8, 4) is 11.8 Å². The van der Waals surface area contributed by atoms with Crippen LogP contribution >= 0.6 is 0 Å². The van der Waals surface area contributed by atoms with Gasteiger partial charge < -0.3 is 15.4 Å². The van der Waals surface area contributed by atoms with Crippen LogP contribution in [0.2, 0.25) is 0 Å². The summed E-state index contributed by atoms with van der Waals surface area (Å²) in [7, 11) is 0. The van der Waals surface area contributed by atoms with Crippen LogP contribution < -0.4 is 15.4 Å². The number of carbonyl (C=O) groups is 2. The molecule has 2 aliphatic heterocycles. The van der Waals surface area contributed by atoms with Crippen LogP contribution in [-0.2, 0) is 9.59 Å². The van der Waals surface area contributed by atoms with Gasteiger partial charge in [-0.1, -0.05) is 24.3 Å². The molecule has 2 N–H and O–H groups in total. The minimum atomic E-state index is -4.56. The Bertz CT molecular complexity index is 1370. The summed E-state index contributed by atoms with van der Waals surface area (Å²) < 4.78 is 45.5. The van der Waals surface area contributed by atoms with Gasteiger partial charge in [0.25, 0.3) is 0 Å². The molecule has 1 saturated carbocycles. The molecule has 4 atom stereocenters. The lowest BCUT2D eigenvalue weighted by Crippen LogP contribution is -2.50. The zero-order valence-corrected chi connectivity index (χ0v) is 21.5. The van der Waals surface area contributed by atoms with Crippen LogP contribution in [0.1, 0.15) is 50.3 Å². The van der Waals surface area contributed by atoms with Crippen molar-refractivity contribution in [2.24, 2.45) is 16.8 Å². The van der Waals surface area contributed by atoms with Crippen LogP contribution in [0.25, 0.3) is 0 Å². The Morgan fingerprint density at radius 2 is 1.97 bits per heavy atom. The first kappa shape index (κ1) is 26.5. The number of nitrogens with zero attached hydrogens (tertiary/aromatic N) is 3. The maximum absolute atomic E-state index is 13.5. The van der Waals surface area contributed by atoms with Crippen LogP contribution in [0.15, 0.2) is 53.5 Å². The van der Waals surface area contributed by atoms with Crippen LogP contribution in [0.5, 0.6) is 5.75 Å². The molecule has 204 valence electrons. The number of aliphatic imine (C=N–C) groups is 1. The Morgan fingerprint density at radius 1 is 1.21 bits per heavy atom. The predicted molar refractivity (Wildman–Crippen MR) is 137 cm³/mol. The number of halogens is 3. The van der Waals surface area contributed by atoms with Gasteiger partial charge in [-0.05, 0) is 50.5 Å². The number of hydrogen-bond acceptors (Lipinski definition) is 6. The molecule has 5 rings (SSSR count). The van der Waals surface area contributed by atoms with Crippen LogP contribution in [0.3, 0.4) is 0 Å². The maximum atomic E-state index is 13.5. The van der Waals surface area contributed by atoms with E-state index < -0.39 is 36.2 Å². The highest BCUT2D eigenvalue weighted by molar-refractivity contribution is 6.06. The Labute approximate surface area is 223 Å². The molecule has 1 fully saturated rings. The summed E-state index contributed by atoms with van der Waals surface area (Å²) in [6.07, 6.45) is -6.28. The molecule has 39 heavy (non-hydrogen) atoms. The molecule has 0 bridgehead atoms. The molecular weight excluding hydrogens is 511 g/mol. The van der Waals surface area contributed by atoms with Gasteiger partial charge >= 0.3 is 6.18 Å². The topological polar surface area (TPSA) is 107 Å². The Hall–Kier alpha value is -4.07. The zero-order valence-electron chi connectivity index (χ0n) is 21.5. The Kier molecular flexibility index (Phi) is 6.74. The fraction of sp³-hybridized carbons (Fsp3) is 0.429. The van der Waals surface area contributed by atoms with E-state index in [2.05, 4.69) is 16.7 Å². The van der Waals surface area contributed by atoms with Crippen molar-refractivity contribution in [3.05, 3.63) is 59.7 Å². The second-order valence-electron chi connectivity index (χ2n) is 10.8. The zero-order chi connectivity index (χ0) is 27.9. The summed E-state index contributed by atoms with van der Waals surface area (Å²) in [5, 5.41) is 15.1. The average molecular weight is 540 g/mol. The van der Waals surface area contributed by atoms with Gasteiger partial charge in [0.05, 0.1) is 29.6 Å². The molecule has 8 nitrogen and oxygen atoms in total. The quantitative estimate of drug-likeness (QED) is 0.580. The third-order valence-corrected chi connectivity index (χ3v) is 7.17. The number of para-hydroxylation sites is 1. The average Bonchev–Trinajstić information content (AvgIpc) is 3.65. The van der Waals surface area contributed by atoms with E-state index in [0.717, 1.165) is 0 Å². The highest BCUT2D eigenvalue weighted by atomic mass is 19.4. The summed E-state index contributed by atoms with van der Waals surface area (Å²) in [5.41, 5.74) is 0.935. The fourth-order valence-electron chi connectivity index (χ4n) is 5.09. The van der Waals surface area contributed by atoms with Crippen molar-refractivity contribution in [3.63, 3.8) is 0 Å². The van der Waals surface area contributed by atoms with Gasteiger partial charge in [-0.2, -0.15) is 18.4 Å². The van der Waals surface area contributed by atoms with Gasteiger partial charge in [0.2, 0.25) is 17.8 Å². The Morgan fingerprint density at radius 3 is 2.72 bits per heavy atom. The summed E-state index contributed by atoms with van der Waals surface area (Å²) >= 11 is 0. The molecule has 2 amide bonds. The van der Waals surface area contributed by atoms with Gasteiger partial charge in [0.15, 0.2) is 6.10 Å². The van der Waals surface area contributed by atoms with E-state index in [0.29, 0.717) is 29.2 Å². The van der Waals surface area contributed by atoms with E-state index in [1.807, 2.05) is 13.8 Å². The van der Waals surface area contributed by atoms with Gasteiger partial charge in [-0.15, -0.1) is 0 Å². The predicted octanol–water partition coefficient (Wildman–Crippen LogP) is 4.54. The number of guanidine groups is 1. The number of alkyl halides is 3. The molecule has 2 heterocycles. The van der Waals surface area contributed by atoms with E-state index >= 15 is 0 Å². The maximum Gasteiger partial charge on any atom is 0.425 e. The summed E-state index contributed by atoms with van der Waals surface area (Å²) in [5.74, 6) is -0.648.